The Morgan fingerprint density at radius 1 is 1.07 bits per heavy atom. The predicted octanol–water partition coefficient (Wildman–Crippen LogP) is 4.02. The number of fused-ring (bicyclic) bond motifs is 1. The summed E-state index contributed by atoms with van der Waals surface area (Å²) in [6.07, 6.45) is 0. The molecule has 1 saturated heterocycles. The van der Waals surface area contributed by atoms with Crippen molar-refractivity contribution in [3.05, 3.63) is 59.3 Å². The van der Waals surface area contributed by atoms with Gasteiger partial charge < -0.3 is 4.90 Å². The third-order valence-electron chi connectivity index (χ3n) is 5.41. The Balaban J connectivity index is 1.72. The largest absolute Gasteiger partial charge is 0.354 e. The van der Waals surface area contributed by atoms with E-state index in [-0.39, 0.29) is 0 Å². The van der Waals surface area contributed by atoms with Gasteiger partial charge in [0.1, 0.15) is 5.82 Å². The summed E-state index contributed by atoms with van der Waals surface area (Å²) in [4.78, 5) is 9.71. The van der Waals surface area contributed by atoms with Crippen molar-refractivity contribution in [1.82, 2.24) is 19.5 Å². The van der Waals surface area contributed by atoms with Gasteiger partial charge in [-0.25, -0.2) is 4.98 Å². The van der Waals surface area contributed by atoms with Gasteiger partial charge in [-0.1, -0.05) is 35.9 Å². The second-order valence-electron chi connectivity index (χ2n) is 8.05. The van der Waals surface area contributed by atoms with Crippen molar-refractivity contribution < 1.29 is 0 Å². The van der Waals surface area contributed by atoms with Gasteiger partial charge in [-0.15, -0.1) is 0 Å². The van der Waals surface area contributed by atoms with E-state index < -0.39 is 0 Å². The van der Waals surface area contributed by atoms with Crippen LogP contribution in [-0.4, -0.2) is 52.2 Å². The Labute approximate surface area is 167 Å². The van der Waals surface area contributed by atoms with Crippen LogP contribution in [0.1, 0.15) is 23.7 Å². The van der Waals surface area contributed by atoms with Crippen LogP contribution < -0.4 is 4.90 Å². The van der Waals surface area contributed by atoms with E-state index >= 15 is 0 Å². The highest BCUT2D eigenvalue weighted by Crippen LogP contribution is 2.29. The first kappa shape index (κ1) is 18.7. The molecule has 1 fully saturated rings. The molecule has 0 radical (unpaired) electrons. The Bertz CT molecular complexity index is 1020. The zero-order chi connectivity index (χ0) is 19.8. The average Bonchev–Trinajstić information content (AvgIpc) is 2.98. The number of hydrogen-bond donors (Lipinski definition) is 0. The molecule has 3 heterocycles. The first-order chi connectivity index (χ1) is 13.4. The highest BCUT2D eigenvalue weighted by molar-refractivity contribution is 5.72. The minimum absolute atomic E-state index is 0.955. The third-order valence-corrected chi connectivity index (χ3v) is 5.41. The molecule has 3 aromatic rings. The second kappa shape index (κ2) is 7.40. The monoisotopic (exact) mass is 375 g/mol. The van der Waals surface area contributed by atoms with E-state index in [0.29, 0.717) is 0 Å². The van der Waals surface area contributed by atoms with Crippen LogP contribution in [0.2, 0.25) is 0 Å². The van der Waals surface area contributed by atoms with Crippen LogP contribution >= 0.6 is 0 Å². The van der Waals surface area contributed by atoms with Gasteiger partial charge in [0.25, 0.3) is 0 Å². The number of anilines is 1. The topological polar surface area (TPSA) is 36.7 Å². The number of hydrogen-bond acceptors (Lipinski definition) is 4. The van der Waals surface area contributed by atoms with Crippen molar-refractivity contribution in [3.8, 4) is 11.3 Å². The molecule has 1 aromatic carbocycles. The molecule has 4 rings (SSSR count). The van der Waals surface area contributed by atoms with Gasteiger partial charge in [-0.05, 0) is 33.8 Å². The summed E-state index contributed by atoms with van der Waals surface area (Å²) in [6, 6.07) is 10.7. The summed E-state index contributed by atoms with van der Waals surface area (Å²) in [5.74, 6) is 1.14. The van der Waals surface area contributed by atoms with Gasteiger partial charge in [-0.3, -0.25) is 4.90 Å². The minimum Gasteiger partial charge on any atom is -0.354 e. The lowest BCUT2D eigenvalue weighted by Gasteiger charge is -2.36. The maximum atomic E-state index is 4.99. The number of rotatable bonds is 4. The molecule has 0 unspecified atom stereocenters. The number of nitrogens with zero attached hydrogens (tertiary/aromatic N) is 5. The van der Waals surface area contributed by atoms with E-state index in [0.717, 1.165) is 66.7 Å². The van der Waals surface area contributed by atoms with E-state index in [1.165, 1.54) is 11.1 Å². The maximum Gasteiger partial charge on any atom is 0.161 e. The first-order valence-corrected chi connectivity index (χ1v) is 9.98. The SMILES string of the molecule is C=C(C)CN1CCN(c2cc(C)nc3c(C)c(-c4cccc(C)c4)nn23)CC1. The van der Waals surface area contributed by atoms with E-state index in [4.69, 9.17) is 10.1 Å². The normalized spacial score (nSPS) is 15.4. The summed E-state index contributed by atoms with van der Waals surface area (Å²) in [5.41, 5.74) is 7.76. The lowest BCUT2D eigenvalue weighted by Crippen LogP contribution is -2.47. The Hall–Kier alpha value is -2.66. The molecular weight excluding hydrogens is 346 g/mol. The Kier molecular flexibility index (Phi) is 4.94. The smallest absolute Gasteiger partial charge is 0.161 e. The van der Waals surface area contributed by atoms with Gasteiger partial charge in [0.2, 0.25) is 0 Å². The van der Waals surface area contributed by atoms with Gasteiger partial charge in [0.05, 0.1) is 5.69 Å². The van der Waals surface area contributed by atoms with Gasteiger partial charge >= 0.3 is 0 Å². The van der Waals surface area contributed by atoms with E-state index in [2.05, 4.69) is 74.4 Å². The Morgan fingerprint density at radius 2 is 1.82 bits per heavy atom. The standard InChI is InChI=1S/C23H29N5/c1-16(2)15-26-9-11-27(12-10-26)21-14-18(4)24-23-19(5)22(25-28(21)23)20-8-6-7-17(3)13-20/h6-8,13-14H,1,9-12,15H2,2-5H3. The molecule has 2 aromatic heterocycles. The quantitative estimate of drug-likeness (QED) is 0.646. The summed E-state index contributed by atoms with van der Waals surface area (Å²) < 4.78 is 2.04. The summed E-state index contributed by atoms with van der Waals surface area (Å²) in [6.45, 7) is 17.5. The number of benzene rings is 1. The molecule has 5 heteroatoms. The van der Waals surface area contributed by atoms with Crippen LogP contribution in [0, 0.1) is 20.8 Å². The third kappa shape index (κ3) is 3.54. The average molecular weight is 376 g/mol. The van der Waals surface area contributed by atoms with Crippen molar-refractivity contribution in [2.75, 3.05) is 37.6 Å². The van der Waals surface area contributed by atoms with Crippen molar-refractivity contribution >= 4 is 11.5 Å². The maximum absolute atomic E-state index is 4.99. The van der Waals surface area contributed by atoms with Crippen LogP contribution in [0.4, 0.5) is 5.82 Å². The highest BCUT2D eigenvalue weighted by Gasteiger charge is 2.22. The van der Waals surface area contributed by atoms with Crippen LogP contribution in [0.15, 0.2) is 42.5 Å². The highest BCUT2D eigenvalue weighted by atomic mass is 15.4. The molecule has 0 N–H and O–H groups in total. The predicted molar refractivity (Wildman–Crippen MR) is 116 cm³/mol. The van der Waals surface area contributed by atoms with Gasteiger partial charge in [-0.2, -0.15) is 9.61 Å². The zero-order valence-corrected chi connectivity index (χ0v) is 17.4. The molecule has 0 saturated carbocycles. The van der Waals surface area contributed by atoms with Crippen molar-refractivity contribution in [2.45, 2.75) is 27.7 Å². The molecule has 0 amide bonds. The fourth-order valence-corrected chi connectivity index (χ4v) is 4.03. The summed E-state index contributed by atoms with van der Waals surface area (Å²) in [7, 11) is 0. The fraction of sp³-hybridized carbons (Fsp3) is 0.391. The molecule has 0 aliphatic carbocycles. The molecule has 1 aliphatic rings. The molecule has 0 atom stereocenters. The zero-order valence-electron chi connectivity index (χ0n) is 17.4. The van der Waals surface area contributed by atoms with E-state index in [1.807, 2.05) is 4.52 Å². The lowest BCUT2D eigenvalue weighted by atomic mass is 10.1. The van der Waals surface area contributed by atoms with Crippen LogP contribution in [0.3, 0.4) is 0 Å². The van der Waals surface area contributed by atoms with Crippen LogP contribution in [0.25, 0.3) is 16.9 Å². The van der Waals surface area contributed by atoms with Crippen LogP contribution in [0.5, 0.6) is 0 Å². The number of piperazine rings is 1. The van der Waals surface area contributed by atoms with Crippen molar-refractivity contribution in [1.29, 1.82) is 0 Å². The van der Waals surface area contributed by atoms with Gasteiger partial charge in [0.15, 0.2) is 5.65 Å². The molecule has 0 spiro atoms. The second-order valence-corrected chi connectivity index (χ2v) is 8.05. The Morgan fingerprint density at radius 3 is 2.50 bits per heavy atom. The summed E-state index contributed by atoms with van der Waals surface area (Å²) in [5, 5.41) is 4.99. The molecular formula is C23H29N5. The molecule has 5 nitrogen and oxygen atoms in total. The molecule has 0 bridgehead atoms. The van der Waals surface area contributed by atoms with Gasteiger partial charge in [0, 0.05) is 55.6 Å². The van der Waals surface area contributed by atoms with E-state index in [1.54, 1.807) is 0 Å². The van der Waals surface area contributed by atoms with Crippen molar-refractivity contribution in [3.63, 3.8) is 0 Å². The molecule has 28 heavy (non-hydrogen) atoms. The molecule has 146 valence electrons. The van der Waals surface area contributed by atoms with E-state index in [9.17, 15) is 0 Å². The first-order valence-electron chi connectivity index (χ1n) is 9.98. The fourth-order valence-electron chi connectivity index (χ4n) is 4.03. The number of aromatic nitrogens is 3. The lowest BCUT2D eigenvalue weighted by molar-refractivity contribution is 0.277. The molecule has 1 aliphatic heterocycles. The minimum atomic E-state index is 0.955. The van der Waals surface area contributed by atoms with Crippen molar-refractivity contribution in [2.24, 2.45) is 0 Å². The number of aryl methyl sites for hydroxylation is 3. The van der Waals surface area contributed by atoms with Crippen LogP contribution in [-0.2, 0) is 0 Å². The summed E-state index contributed by atoms with van der Waals surface area (Å²) >= 11 is 0.